The summed E-state index contributed by atoms with van der Waals surface area (Å²) in [6, 6.07) is 3.61. The number of benzene rings is 1. The van der Waals surface area contributed by atoms with Crippen LogP contribution in [0.5, 0.6) is 5.75 Å². The van der Waals surface area contributed by atoms with Crippen LogP contribution in [0.3, 0.4) is 0 Å². The summed E-state index contributed by atoms with van der Waals surface area (Å²) in [6.07, 6.45) is 3.87. The van der Waals surface area contributed by atoms with E-state index in [1.165, 1.54) is 6.42 Å². The van der Waals surface area contributed by atoms with Gasteiger partial charge in [0.05, 0.1) is 36.8 Å². The van der Waals surface area contributed by atoms with Crippen LogP contribution in [0.15, 0.2) is 12.1 Å². The number of nitrogens with two attached hydrogens (primary N) is 1. The molecule has 1 aromatic carbocycles. The molecule has 0 saturated carbocycles. The number of hydrogen-bond donors (Lipinski definition) is 2. The molecule has 0 unspecified atom stereocenters. The minimum Gasteiger partial charge on any atom is -0.484 e. The molecule has 1 aliphatic heterocycles. The largest absolute Gasteiger partial charge is 0.484 e. The van der Waals surface area contributed by atoms with Gasteiger partial charge in [-0.25, -0.2) is 0 Å². The van der Waals surface area contributed by atoms with Crippen LogP contribution in [0, 0.1) is 0 Å². The van der Waals surface area contributed by atoms with Crippen molar-refractivity contribution in [1.29, 1.82) is 0 Å². The number of nitrogen functional groups attached to an aromatic ring is 1. The molecule has 1 saturated heterocycles. The summed E-state index contributed by atoms with van der Waals surface area (Å²) in [5, 5.41) is 3.63. The second kappa shape index (κ2) is 14.9. The molecule has 3 N–H and O–H groups in total. The van der Waals surface area contributed by atoms with Crippen LogP contribution >= 0.6 is 0 Å². The van der Waals surface area contributed by atoms with E-state index in [1.54, 1.807) is 11.0 Å². The summed E-state index contributed by atoms with van der Waals surface area (Å²) >= 11 is 0. The van der Waals surface area contributed by atoms with Crippen LogP contribution in [-0.4, -0.2) is 79.6 Å². The fourth-order valence-electron chi connectivity index (χ4n) is 4.26. The second-order valence-corrected chi connectivity index (χ2v) is 24.4. The first-order valence-electron chi connectivity index (χ1n) is 15.8. The molecule has 0 radical (unpaired) electrons. The van der Waals surface area contributed by atoms with Gasteiger partial charge in [-0.15, -0.1) is 0 Å². The summed E-state index contributed by atoms with van der Waals surface area (Å²) < 4.78 is 25.5. The summed E-state index contributed by atoms with van der Waals surface area (Å²) in [4.78, 5) is 15.4. The lowest BCUT2D eigenvalue weighted by atomic mass is 10.1. The van der Waals surface area contributed by atoms with Crippen LogP contribution in [0.4, 0.5) is 11.4 Å². The van der Waals surface area contributed by atoms with Gasteiger partial charge in [-0.3, -0.25) is 4.79 Å². The van der Waals surface area contributed by atoms with E-state index in [2.05, 4.69) is 80.0 Å². The van der Waals surface area contributed by atoms with Crippen molar-refractivity contribution in [2.45, 2.75) is 123 Å². The molecule has 2 rings (SSSR count). The van der Waals surface area contributed by atoms with Crippen molar-refractivity contribution in [3.8, 4) is 5.75 Å². The molecule has 0 bridgehead atoms. The van der Waals surface area contributed by atoms with Crippen molar-refractivity contribution < 1.29 is 23.1 Å². The van der Waals surface area contributed by atoms with E-state index in [1.807, 2.05) is 13.1 Å². The van der Waals surface area contributed by atoms with Crippen molar-refractivity contribution in [3.63, 3.8) is 0 Å². The minimum atomic E-state index is -2.05. The molecule has 8 nitrogen and oxygen atoms in total. The molecule has 10 heteroatoms. The van der Waals surface area contributed by atoms with E-state index in [9.17, 15) is 4.79 Å². The number of amides is 1. The van der Waals surface area contributed by atoms with Gasteiger partial charge in [0.15, 0.2) is 16.6 Å². The lowest BCUT2D eigenvalue weighted by Crippen LogP contribution is -2.48. The molecule has 1 amide bonds. The highest BCUT2D eigenvalue weighted by Crippen LogP contribution is 2.39. The maximum atomic E-state index is 13.7. The summed E-state index contributed by atoms with van der Waals surface area (Å²) in [5.74, 6) is 0.406. The van der Waals surface area contributed by atoms with E-state index in [-0.39, 0.29) is 28.2 Å². The lowest BCUT2D eigenvalue weighted by molar-refractivity contribution is 0.0726. The Morgan fingerprint density at radius 2 is 1.62 bits per heavy atom. The molecule has 1 aliphatic rings. The monoisotopic (exact) mass is 623 g/mol. The zero-order chi connectivity index (χ0) is 31.9. The Morgan fingerprint density at radius 3 is 2.21 bits per heavy atom. The van der Waals surface area contributed by atoms with Gasteiger partial charge in [-0.1, -0.05) is 67.7 Å². The first kappa shape index (κ1) is 36.6. The molecule has 1 aromatic rings. The van der Waals surface area contributed by atoms with Crippen molar-refractivity contribution in [2.24, 2.45) is 0 Å². The average Bonchev–Trinajstić information content (AvgIpc) is 3.29. The molecule has 2 atom stereocenters. The topological polar surface area (TPSA) is 95.3 Å². The van der Waals surface area contributed by atoms with Crippen LogP contribution in [0.1, 0.15) is 84.5 Å². The van der Waals surface area contributed by atoms with Crippen LogP contribution in [-0.2, 0) is 13.6 Å². The first-order valence-corrected chi connectivity index (χ1v) is 21.6. The minimum absolute atomic E-state index is 0.0620. The summed E-state index contributed by atoms with van der Waals surface area (Å²) in [5.41, 5.74) is 8.21. The Balaban J connectivity index is 2.30. The highest BCUT2D eigenvalue weighted by Gasteiger charge is 2.43. The zero-order valence-corrected chi connectivity index (χ0v) is 30.7. The van der Waals surface area contributed by atoms with E-state index in [0.29, 0.717) is 49.9 Å². The average molecular weight is 624 g/mol. The fraction of sp³-hybridized carbons (Fsp3) is 0.781. The van der Waals surface area contributed by atoms with Crippen molar-refractivity contribution in [1.82, 2.24) is 4.90 Å². The maximum absolute atomic E-state index is 13.7. The third-order valence-electron chi connectivity index (χ3n) is 9.27. The number of carbonyl (C=O) groups excluding carboxylic acids is 1. The number of rotatable bonds is 15. The van der Waals surface area contributed by atoms with E-state index < -0.39 is 16.6 Å². The number of hydrogen-bond acceptors (Lipinski definition) is 7. The Kier molecular flexibility index (Phi) is 13.0. The highest BCUT2D eigenvalue weighted by molar-refractivity contribution is 6.74. The number of anilines is 2. The zero-order valence-electron chi connectivity index (χ0n) is 28.7. The number of nitrogens with zero attached hydrogens (tertiary/aromatic N) is 1. The Labute approximate surface area is 258 Å². The maximum Gasteiger partial charge on any atom is 0.257 e. The predicted molar refractivity (Wildman–Crippen MR) is 181 cm³/mol. The van der Waals surface area contributed by atoms with Gasteiger partial charge in [-0.05, 0) is 48.8 Å². The molecule has 1 heterocycles. The summed E-state index contributed by atoms with van der Waals surface area (Å²) in [6.45, 7) is 27.3. The van der Waals surface area contributed by atoms with Gasteiger partial charge in [0.1, 0.15) is 18.0 Å². The number of nitrogens with one attached hydrogen (secondary N) is 1. The normalized spacial score (nSPS) is 18.3. The third-order valence-corrected chi connectivity index (χ3v) is 18.3. The Hall–Kier alpha value is -1.60. The van der Waals surface area contributed by atoms with Crippen LogP contribution < -0.4 is 15.8 Å². The number of carbonyl (C=O) groups is 1. The number of unbranched alkanes of at least 4 members (excludes halogenated alkanes) is 3. The van der Waals surface area contributed by atoms with Gasteiger partial charge in [0, 0.05) is 26.2 Å². The predicted octanol–water partition coefficient (Wildman–Crippen LogP) is 7.52. The van der Waals surface area contributed by atoms with Gasteiger partial charge in [-0.2, -0.15) is 0 Å². The molecule has 242 valence electrons. The van der Waals surface area contributed by atoms with Crippen LogP contribution in [0.25, 0.3) is 0 Å². The molecular formula is C32H61N3O5Si2. The molecule has 42 heavy (non-hydrogen) atoms. The number of ether oxygens (including phenoxy) is 2. The standard InChI is InChI=1S/C32H61N3O5Si2/c1-13-14-15-16-18-35(8)30(36)24-20-25(33)26(34-17-19-38-41(9,10)31(2,3)4)21-27(24)39-28-22-37-23-29(28)40-42(11,12)32(5,6)7/h20-21,28-29,34H,13-19,22-23,33H2,1-12H3/t28-,29-/m0/s1. The van der Waals surface area contributed by atoms with E-state index >= 15 is 0 Å². The smallest absolute Gasteiger partial charge is 0.257 e. The van der Waals surface area contributed by atoms with Gasteiger partial charge in [0.2, 0.25) is 0 Å². The SMILES string of the molecule is CCCCCCN(C)C(=O)c1cc(N)c(NCCO[Si](C)(C)C(C)(C)C)cc1O[C@H]1COC[C@@H]1O[Si](C)(C)C(C)(C)C. The lowest BCUT2D eigenvalue weighted by Gasteiger charge is -2.39. The van der Waals surface area contributed by atoms with E-state index in [4.69, 9.17) is 24.1 Å². The molecule has 0 aliphatic carbocycles. The highest BCUT2D eigenvalue weighted by atomic mass is 28.4. The molecule has 0 aromatic heterocycles. The van der Waals surface area contributed by atoms with Crippen molar-refractivity contribution in [3.05, 3.63) is 17.7 Å². The molecule has 0 spiro atoms. The summed E-state index contributed by atoms with van der Waals surface area (Å²) in [7, 11) is -2.06. The molecular weight excluding hydrogens is 563 g/mol. The third kappa shape index (κ3) is 9.97. The van der Waals surface area contributed by atoms with Crippen molar-refractivity contribution in [2.75, 3.05) is 51.0 Å². The quantitative estimate of drug-likeness (QED) is 0.118. The molecule has 1 fully saturated rings. The Bertz CT molecular complexity index is 1020. The second-order valence-electron chi connectivity index (χ2n) is 14.9. The first-order chi connectivity index (χ1) is 19.3. The Morgan fingerprint density at radius 1 is 1.00 bits per heavy atom. The van der Waals surface area contributed by atoms with Gasteiger partial charge >= 0.3 is 0 Å². The fourth-order valence-corrected chi connectivity index (χ4v) is 6.63. The van der Waals surface area contributed by atoms with Gasteiger partial charge < -0.3 is 34.3 Å². The van der Waals surface area contributed by atoms with Gasteiger partial charge in [0.25, 0.3) is 5.91 Å². The van der Waals surface area contributed by atoms with Crippen molar-refractivity contribution >= 4 is 33.9 Å². The van der Waals surface area contributed by atoms with E-state index in [0.717, 1.165) is 24.9 Å². The van der Waals surface area contributed by atoms with Crippen LogP contribution in [0.2, 0.25) is 36.3 Å².